The van der Waals surface area contributed by atoms with E-state index in [1.807, 2.05) is 0 Å². The van der Waals surface area contributed by atoms with Crippen molar-refractivity contribution in [2.75, 3.05) is 24.9 Å². The third-order valence-corrected chi connectivity index (χ3v) is 6.27. The normalized spacial score (nSPS) is 11.5. The Hall–Kier alpha value is -5.60. The van der Waals surface area contributed by atoms with Crippen LogP contribution >= 0.6 is 0 Å². The van der Waals surface area contributed by atoms with Gasteiger partial charge in [0.25, 0.3) is 0 Å². The minimum atomic E-state index is -0.303. The molecule has 0 atom stereocenters. The van der Waals surface area contributed by atoms with Crippen LogP contribution in [-0.2, 0) is 0 Å². The maximum Gasteiger partial charge on any atom is 0.196 e. The minimum Gasteiger partial charge on any atom is -0.495 e. The molecule has 0 bridgehead atoms. The molecule has 184 valence electrons. The number of nitrogens with one attached hydrogen (secondary N) is 2. The monoisotopic (exact) mass is 500 g/mol. The van der Waals surface area contributed by atoms with Gasteiger partial charge in [-0.25, -0.2) is 0 Å². The summed E-state index contributed by atoms with van der Waals surface area (Å²) >= 11 is 0. The zero-order valence-electron chi connectivity index (χ0n) is 20.5. The summed E-state index contributed by atoms with van der Waals surface area (Å²) in [5, 5.41) is 25.2. The Morgan fingerprint density at radius 2 is 1.05 bits per heavy atom. The van der Waals surface area contributed by atoms with E-state index >= 15 is 0 Å². The van der Waals surface area contributed by atoms with Gasteiger partial charge in [0.05, 0.1) is 47.8 Å². The summed E-state index contributed by atoms with van der Waals surface area (Å²) in [5.74, 6) is 0.268. The first-order valence-electron chi connectivity index (χ1n) is 11.5. The minimum absolute atomic E-state index is 0.257. The number of hydrogen-bond donors (Lipinski definition) is 2. The Labute approximate surface area is 218 Å². The highest BCUT2D eigenvalue weighted by atomic mass is 16.5. The highest BCUT2D eigenvalue weighted by Gasteiger charge is 2.33. The van der Waals surface area contributed by atoms with E-state index in [1.54, 1.807) is 72.8 Å². The fraction of sp³-hybridized carbons (Fsp3) is 0.0667. The number of nitriles is 2. The van der Waals surface area contributed by atoms with Crippen molar-refractivity contribution in [1.82, 2.24) is 0 Å². The van der Waals surface area contributed by atoms with Crippen molar-refractivity contribution in [3.8, 4) is 23.6 Å². The van der Waals surface area contributed by atoms with Gasteiger partial charge in [0.15, 0.2) is 11.6 Å². The van der Waals surface area contributed by atoms with E-state index in [9.17, 15) is 20.1 Å². The fourth-order valence-electron chi connectivity index (χ4n) is 4.51. The van der Waals surface area contributed by atoms with Crippen molar-refractivity contribution in [3.05, 3.63) is 106 Å². The van der Waals surface area contributed by atoms with Gasteiger partial charge in [-0.3, -0.25) is 9.59 Å². The van der Waals surface area contributed by atoms with Crippen LogP contribution in [0.5, 0.6) is 11.5 Å². The molecule has 1 aliphatic carbocycles. The molecule has 0 radical (unpaired) electrons. The molecule has 0 spiro atoms. The number of hydrogen-bond acceptors (Lipinski definition) is 8. The molecule has 1 aliphatic rings. The van der Waals surface area contributed by atoms with Gasteiger partial charge in [-0.2, -0.15) is 10.5 Å². The average Bonchev–Trinajstić information content (AvgIpc) is 2.95. The maximum atomic E-state index is 13.7. The van der Waals surface area contributed by atoms with E-state index < -0.39 is 0 Å². The van der Waals surface area contributed by atoms with Crippen molar-refractivity contribution >= 4 is 34.3 Å². The number of rotatable bonds is 6. The molecule has 4 aromatic carbocycles. The molecular weight excluding hydrogens is 480 g/mol. The van der Waals surface area contributed by atoms with Crippen molar-refractivity contribution in [2.24, 2.45) is 0 Å². The van der Waals surface area contributed by atoms with Gasteiger partial charge in [0, 0.05) is 22.5 Å². The summed E-state index contributed by atoms with van der Waals surface area (Å²) in [6, 6.07) is 24.3. The predicted octanol–water partition coefficient (Wildman–Crippen LogP) is 5.71. The first-order valence-corrected chi connectivity index (χ1v) is 11.5. The zero-order valence-corrected chi connectivity index (χ0v) is 20.5. The fourth-order valence-corrected chi connectivity index (χ4v) is 4.51. The second-order valence-electron chi connectivity index (χ2n) is 8.42. The summed E-state index contributed by atoms with van der Waals surface area (Å²) < 4.78 is 10.4. The number of fused-ring (bicyclic) bond motifs is 2. The van der Waals surface area contributed by atoms with Gasteiger partial charge in [0.1, 0.15) is 23.6 Å². The Kier molecular flexibility index (Phi) is 6.22. The molecule has 5 rings (SSSR count). The number of benzene rings is 4. The molecule has 8 heteroatoms. The molecule has 8 nitrogen and oxygen atoms in total. The number of ketones is 2. The lowest BCUT2D eigenvalue weighted by atomic mass is 9.82. The lowest BCUT2D eigenvalue weighted by Gasteiger charge is -2.23. The Morgan fingerprint density at radius 1 is 0.632 bits per heavy atom. The summed E-state index contributed by atoms with van der Waals surface area (Å²) in [5.41, 5.74) is 3.77. The molecule has 4 aromatic rings. The van der Waals surface area contributed by atoms with E-state index in [0.717, 1.165) is 0 Å². The number of nitrogens with zero attached hydrogens (tertiary/aromatic N) is 2. The first kappa shape index (κ1) is 24.1. The van der Waals surface area contributed by atoms with Crippen LogP contribution in [0.2, 0.25) is 0 Å². The summed E-state index contributed by atoms with van der Waals surface area (Å²) in [7, 11) is 2.97. The number of ether oxygens (including phenoxy) is 2. The molecule has 0 aromatic heterocycles. The molecule has 0 amide bonds. The van der Waals surface area contributed by atoms with Crippen LogP contribution < -0.4 is 20.1 Å². The van der Waals surface area contributed by atoms with E-state index in [0.29, 0.717) is 45.4 Å². The van der Waals surface area contributed by atoms with Crippen molar-refractivity contribution < 1.29 is 19.1 Å². The summed E-state index contributed by atoms with van der Waals surface area (Å²) in [6.07, 6.45) is 0. The predicted molar refractivity (Wildman–Crippen MR) is 142 cm³/mol. The summed E-state index contributed by atoms with van der Waals surface area (Å²) in [4.78, 5) is 27.4. The number of carbonyl (C=O) groups is 2. The SMILES string of the molecule is COc1ccc(Nc2cccc3c2C(=O)c2cccc(Nc4ccc(OC)c(C#N)c4)c2C3=O)cc1C#N. The van der Waals surface area contributed by atoms with E-state index in [2.05, 4.69) is 22.8 Å². The maximum absolute atomic E-state index is 13.7. The average molecular weight is 501 g/mol. The molecule has 38 heavy (non-hydrogen) atoms. The Morgan fingerprint density at radius 3 is 1.42 bits per heavy atom. The lowest BCUT2D eigenvalue weighted by Crippen LogP contribution is -2.23. The molecular formula is C30H20N4O4. The van der Waals surface area contributed by atoms with Gasteiger partial charge < -0.3 is 20.1 Å². The molecule has 0 fully saturated rings. The topological polar surface area (TPSA) is 124 Å². The molecule has 0 aliphatic heterocycles. The number of carbonyl (C=O) groups excluding carboxylic acids is 2. The summed E-state index contributed by atoms with van der Waals surface area (Å²) in [6.45, 7) is 0. The van der Waals surface area contributed by atoms with Gasteiger partial charge in [0.2, 0.25) is 0 Å². The van der Waals surface area contributed by atoms with Gasteiger partial charge in [-0.1, -0.05) is 24.3 Å². The van der Waals surface area contributed by atoms with E-state index in [4.69, 9.17) is 9.47 Å². The Balaban J connectivity index is 1.54. The number of anilines is 4. The van der Waals surface area contributed by atoms with Crippen LogP contribution in [0.3, 0.4) is 0 Å². The third-order valence-electron chi connectivity index (χ3n) is 6.27. The van der Waals surface area contributed by atoms with Gasteiger partial charge >= 0.3 is 0 Å². The third kappa shape index (κ3) is 4.06. The van der Waals surface area contributed by atoms with E-state index in [1.165, 1.54) is 14.2 Å². The van der Waals surface area contributed by atoms with Crippen molar-refractivity contribution in [2.45, 2.75) is 0 Å². The highest BCUT2D eigenvalue weighted by molar-refractivity contribution is 6.32. The van der Waals surface area contributed by atoms with Crippen molar-refractivity contribution in [3.63, 3.8) is 0 Å². The van der Waals surface area contributed by atoms with Crippen LogP contribution in [0.25, 0.3) is 0 Å². The second kappa shape index (κ2) is 9.81. The van der Waals surface area contributed by atoms with E-state index in [-0.39, 0.29) is 33.8 Å². The van der Waals surface area contributed by atoms with Crippen LogP contribution in [0.15, 0.2) is 72.8 Å². The number of methoxy groups -OCH3 is 2. The van der Waals surface area contributed by atoms with Gasteiger partial charge in [-0.15, -0.1) is 0 Å². The largest absolute Gasteiger partial charge is 0.495 e. The quantitative estimate of drug-likeness (QED) is 0.304. The van der Waals surface area contributed by atoms with Crippen LogP contribution in [-0.4, -0.2) is 25.8 Å². The Bertz CT molecular complexity index is 1590. The van der Waals surface area contributed by atoms with Crippen LogP contribution in [0, 0.1) is 22.7 Å². The van der Waals surface area contributed by atoms with Gasteiger partial charge in [-0.05, 0) is 48.5 Å². The standard InChI is InChI=1S/C30H20N4O4/c1-37-25-11-9-19(13-17(25)15-31)33-23-7-3-5-21-27(23)29(35)22-6-4-8-24(28(22)30(21)36)34-20-10-12-26(38-2)18(14-20)16-32/h3-14,33-34H,1-2H3. The molecule has 0 heterocycles. The molecule has 0 saturated carbocycles. The molecule has 0 saturated heterocycles. The van der Waals surface area contributed by atoms with Crippen LogP contribution in [0.4, 0.5) is 22.7 Å². The smallest absolute Gasteiger partial charge is 0.196 e. The first-order chi connectivity index (χ1) is 18.5. The molecule has 0 unspecified atom stereocenters. The van der Waals surface area contributed by atoms with Crippen molar-refractivity contribution in [1.29, 1.82) is 10.5 Å². The van der Waals surface area contributed by atoms with Crippen LogP contribution in [0.1, 0.15) is 43.0 Å². The molecule has 2 N–H and O–H groups in total. The lowest BCUT2D eigenvalue weighted by molar-refractivity contribution is 0.0980. The highest BCUT2D eigenvalue weighted by Crippen LogP contribution is 2.38. The zero-order chi connectivity index (χ0) is 26.8. The second-order valence-corrected chi connectivity index (χ2v) is 8.42.